The molecule has 2 unspecified atom stereocenters. The first-order valence-electron chi connectivity index (χ1n) is 7.68. The van der Waals surface area contributed by atoms with E-state index in [-0.39, 0.29) is 5.54 Å². The molecule has 0 spiro atoms. The molecule has 21 heavy (non-hydrogen) atoms. The van der Waals surface area contributed by atoms with Crippen LogP contribution < -0.4 is 5.32 Å². The summed E-state index contributed by atoms with van der Waals surface area (Å²) in [5.74, 6) is 0. The van der Waals surface area contributed by atoms with Crippen molar-refractivity contribution >= 4 is 11.0 Å². The molecule has 1 heterocycles. The predicted octanol–water partition coefficient (Wildman–Crippen LogP) is 3.25. The van der Waals surface area contributed by atoms with Crippen LogP contribution >= 0.6 is 0 Å². The number of nitrogens with one attached hydrogen (secondary N) is 1. The molecule has 0 bridgehead atoms. The summed E-state index contributed by atoms with van der Waals surface area (Å²) in [5, 5.41) is 12.9. The van der Waals surface area contributed by atoms with Crippen LogP contribution in [0.3, 0.4) is 0 Å². The Balaban J connectivity index is 1.96. The van der Waals surface area contributed by atoms with E-state index in [1.165, 1.54) is 16.6 Å². The van der Waals surface area contributed by atoms with E-state index >= 15 is 0 Å². The van der Waals surface area contributed by atoms with Crippen molar-refractivity contribution in [1.29, 1.82) is 5.26 Å². The summed E-state index contributed by atoms with van der Waals surface area (Å²) in [5.41, 5.74) is 4.44. The Bertz CT molecular complexity index is 709. The Morgan fingerprint density at radius 2 is 2.19 bits per heavy atom. The third-order valence-corrected chi connectivity index (χ3v) is 4.80. The standard InChI is InChI=1S/C17H22N4/c1-4-20-17(10-18)6-5-14(9-17)21-11-19-15-7-12(2)13(3)8-16(15)21/h7-8,11,14,20H,4-6,9H2,1-3H3. The third kappa shape index (κ3) is 2.32. The molecule has 4 nitrogen and oxygen atoms in total. The van der Waals surface area contributed by atoms with Gasteiger partial charge in [0.05, 0.1) is 23.4 Å². The summed E-state index contributed by atoms with van der Waals surface area (Å²) in [7, 11) is 0. The number of fused-ring (bicyclic) bond motifs is 1. The summed E-state index contributed by atoms with van der Waals surface area (Å²) in [4.78, 5) is 4.54. The van der Waals surface area contributed by atoms with Crippen LogP contribution in [0.25, 0.3) is 11.0 Å². The molecule has 1 aliphatic carbocycles. The number of aryl methyl sites for hydroxylation is 2. The van der Waals surface area contributed by atoms with Crippen molar-refractivity contribution in [1.82, 2.24) is 14.9 Å². The van der Waals surface area contributed by atoms with Crippen molar-refractivity contribution < 1.29 is 0 Å². The lowest BCUT2D eigenvalue weighted by Gasteiger charge is -2.22. The molecule has 0 aliphatic heterocycles. The maximum absolute atomic E-state index is 9.52. The molecule has 2 aromatic rings. The Hall–Kier alpha value is -1.86. The number of hydrogen-bond acceptors (Lipinski definition) is 3. The fourth-order valence-corrected chi connectivity index (χ4v) is 3.47. The van der Waals surface area contributed by atoms with Crippen LogP contribution in [0.5, 0.6) is 0 Å². The fourth-order valence-electron chi connectivity index (χ4n) is 3.47. The molecule has 2 atom stereocenters. The lowest BCUT2D eigenvalue weighted by atomic mass is 9.99. The van der Waals surface area contributed by atoms with E-state index in [2.05, 4.69) is 53.8 Å². The van der Waals surface area contributed by atoms with Crippen molar-refractivity contribution in [2.75, 3.05) is 6.54 Å². The minimum atomic E-state index is -0.365. The highest BCUT2D eigenvalue weighted by atomic mass is 15.1. The second-order valence-corrected chi connectivity index (χ2v) is 6.20. The minimum Gasteiger partial charge on any atom is -0.327 e. The Labute approximate surface area is 125 Å². The largest absolute Gasteiger partial charge is 0.327 e. The molecule has 110 valence electrons. The van der Waals surface area contributed by atoms with E-state index in [4.69, 9.17) is 0 Å². The van der Waals surface area contributed by atoms with Gasteiger partial charge in [0.25, 0.3) is 0 Å². The van der Waals surface area contributed by atoms with E-state index in [0.29, 0.717) is 6.04 Å². The van der Waals surface area contributed by atoms with Crippen molar-refractivity contribution in [2.24, 2.45) is 0 Å². The number of rotatable bonds is 3. The first-order valence-corrected chi connectivity index (χ1v) is 7.68. The van der Waals surface area contributed by atoms with Crippen LogP contribution in [0.1, 0.15) is 43.4 Å². The lowest BCUT2D eigenvalue weighted by molar-refractivity contribution is 0.411. The molecule has 0 radical (unpaired) electrons. The molecular weight excluding hydrogens is 260 g/mol. The number of nitriles is 1. The molecule has 1 saturated carbocycles. The molecule has 1 aromatic heterocycles. The highest BCUT2D eigenvalue weighted by molar-refractivity contribution is 5.77. The first kappa shape index (κ1) is 14.1. The fraction of sp³-hybridized carbons (Fsp3) is 0.529. The van der Waals surface area contributed by atoms with Crippen LogP contribution in [-0.2, 0) is 0 Å². The average Bonchev–Trinajstić information content (AvgIpc) is 3.05. The summed E-state index contributed by atoms with van der Waals surface area (Å²) in [6, 6.07) is 7.22. The zero-order valence-electron chi connectivity index (χ0n) is 13.0. The van der Waals surface area contributed by atoms with E-state index < -0.39 is 0 Å². The number of hydrogen-bond donors (Lipinski definition) is 1. The van der Waals surface area contributed by atoms with Crippen LogP contribution in [0.4, 0.5) is 0 Å². The number of imidazole rings is 1. The molecular formula is C17H22N4. The zero-order valence-corrected chi connectivity index (χ0v) is 13.0. The van der Waals surface area contributed by atoms with Gasteiger partial charge in [-0.3, -0.25) is 5.32 Å². The normalized spacial score (nSPS) is 25.3. The number of nitrogens with zero attached hydrogens (tertiary/aromatic N) is 3. The average molecular weight is 282 g/mol. The van der Waals surface area contributed by atoms with E-state index in [9.17, 15) is 5.26 Å². The van der Waals surface area contributed by atoms with Gasteiger partial charge in [0.1, 0.15) is 5.54 Å². The Kier molecular flexibility index (Phi) is 3.46. The van der Waals surface area contributed by atoms with Crippen molar-refractivity contribution in [2.45, 2.75) is 51.6 Å². The molecule has 0 saturated heterocycles. The summed E-state index contributed by atoms with van der Waals surface area (Å²) in [6.45, 7) is 7.16. The molecule has 1 N–H and O–H groups in total. The SMILES string of the molecule is CCNC1(C#N)CCC(n2cnc3cc(C)c(C)cc32)C1. The van der Waals surface area contributed by atoms with E-state index in [1.54, 1.807) is 0 Å². The van der Waals surface area contributed by atoms with Gasteiger partial charge in [-0.1, -0.05) is 6.92 Å². The quantitative estimate of drug-likeness (QED) is 0.940. The van der Waals surface area contributed by atoms with Gasteiger partial charge in [0.15, 0.2) is 0 Å². The van der Waals surface area contributed by atoms with Crippen molar-refractivity contribution in [3.63, 3.8) is 0 Å². The highest BCUT2D eigenvalue weighted by Gasteiger charge is 2.39. The van der Waals surface area contributed by atoms with Gasteiger partial charge in [-0.25, -0.2) is 4.98 Å². The molecule has 1 aromatic carbocycles. The Morgan fingerprint density at radius 3 is 2.90 bits per heavy atom. The summed E-state index contributed by atoms with van der Waals surface area (Å²) < 4.78 is 2.26. The molecule has 4 heteroatoms. The van der Waals surface area contributed by atoms with Crippen molar-refractivity contribution in [3.05, 3.63) is 29.6 Å². The summed E-state index contributed by atoms with van der Waals surface area (Å²) >= 11 is 0. The molecule has 0 amide bonds. The monoisotopic (exact) mass is 282 g/mol. The second kappa shape index (κ2) is 5.16. The van der Waals surface area contributed by atoms with Gasteiger partial charge < -0.3 is 4.57 Å². The molecule has 3 rings (SSSR count). The Morgan fingerprint density at radius 1 is 1.43 bits per heavy atom. The van der Waals surface area contributed by atoms with Crippen molar-refractivity contribution in [3.8, 4) is 6.07 Å². The third-order valence-electron chi connectivity index (χ3n) is 4.80. The van der Waals surface area contributed by atoms with Crippen LogP contribution in [-0.4, -0.2) is 21.6 Å². The van der Waals surface area contributed by atoms with Gasteiger partial charge in [-0.15, -0.1) is 0 Å². The van der Waals surface area contributed by atoms with Gasteiger partial charge in [0, 0.05) is 6.04 Å². The van der Waals surface area contributed by atoms with Gasteiger partial charge >= 0.3 is 0 Å². The molecule has 1 fully saturated rings. The maximum atomic E-state index is 9.52. The van der Waals surface area contributed by atoms with Crippen LogP contribution in [0.15, 0.2) is 18.5 Å². The topological polar surface area (TPSA) is 53.6 Å². The first-order chi connectivity index (χ1) is 10.1. The van der Waals surface area contributed by atoms with Crippen LogP contribution in [0, 0.1) is 25.2 Å². The second-order valence-electron chi connectivity index (χ2n) is 6.20. The zero-order chi connectivity index (χ0) is 15.0. The minimum absolute atomic E-state index is 0.357. The highest BCUT2D eigenvalue weighted by Crippen LogP contribution is 2.39. The van der Waals surface area contributed by atoms with Crippen LogP contribution in [0.2, 0.25) is 0 Å². The number of benzene rings is 1. The van der Waals surface area contributed by atoms with Gasteiger partial charge in [0.2, 0.25) is 0 Å². The van der Waals surface area contributed by atoms with Gasteiger partial charge in [-0.05, 0) is 62.9 Å². The smallest absolute Gasteiger partial charge is 0.108 e. The van der Waals surface area contributed by atoms with E-state index in [0.717, 1.165) is 31.3 Å². The van der Waals surface area contributed by atoms with Gasteiger partial charge in [-0.2, -0.15) is 5.26 Å². The summed E-state index contributed by atoms with van der Waals surface area (Å²) in [6.07, 6.45) is 4.73. The molecule has 1 aliphatic rings. The predicted molar refractivity (Wildman–Crippen MR) is 84.1 cm³/mol. The maximum Gasteiger partial charge on any atom is 0.108 e. The lowest BCUT2D eigenvalue weighted by Crippen LogP contribution is -2.41. The van der Waals surface area contributed by atoms with E-state index in [1.807, 2.05) is 6.33 Å². The number of aromatic nitrogens is 2.